The largest absolute Gasteiger partial charge is 0.496 e. The fourth-order valence-corrected chi connectivity index (χ4v) is 1.92. The third-order valence-corrected chi connectivity index (χ3v) is 2.85. The van der Waals surface area contributed by atoms with E-state index in [1.54, 1.807) is 6.07 Å². The molecule has 4 nitrogen and oxygen atoms in total. The summed E-state index contributed by atoms with van der Waals surface area (Å²) in [7, 11) is 1.43. The third kappa shape index (κ3) is 2.79. The van der Waals surface area contributed by atoms with Gasteiger partial charge in [-0.15, -0.1) is 0 Å². The van der Waals surface area contributed by atoms with Gasteiger partial charge in [0.1, 0.15) is 11.6 Å². The van der Waals surface area contributed by atoms with E-state index in [1.165, 1.54) is 13.2 Å². The van der Waals surface area contributed by atoms with Gasteiger partial charge in [-0.3, -0.25) is 4.79 Å². The molecule has 0 heterocycles. The average Bonchev–Trinajstić information content (AvgIpc) is 2.27. The number of hydrogen-bond acceptors (Lipinski definition) is 3. The van der Waals surface area contributed by atoms with Crippen molar-refractivity contribution >= 4 is 5.97 Å². The van der Waals surface area contributed by atoms with E-state index in [4.69, 9.17) is 15.6 Å². The van der Waals surface area contributed by atoms with Crippen LogP contribution in [0.2, 0.25) is 0 Å². The minimum absolute atomic E-state index is 0.0462. The summed E-state index contributed by atoms with van der Waals surface area (Å²) in [6, 6.07) is 2.77. The molecule has 5 heteroatoms. The van der Waals surface area contributed by atoms with Crippen LogP contribution in [-0.2, 0) is 4.79 Å². The first-order valence-electron chi connectivity index (χ1n) is 5.72. The molecule has 0 amide bonds. The highest BCUT2D eigenvalue weighted by molar-refractivity contribution is 5.76. The number of benzene rings is 1. The maximum absolute atomic E-state index is 14.0. The molecular weight excluding hydrogens is 237 g/mol. The molecule has 1 atom stereocenters. The summed E-state index contributed by atoms with van der Waals surface area (Å²) >= 11 is 0. The second kappa shape index (κ2) is 5.82. The number of aliphatic carboxylic acids is 1. The Balaban J connectivity index is 3.34. The van der Waals surface area contributed by atoms with Gasteiger partial charge in [-0.25, -0.2) is 4.39 Å². The van der Waals surface area contributed by atoms with Crippen molar-refractivity contribution in [2.75, 3.05) is 13.7 Å². The summed E-state index contributed by atoms with van der Waals surface area (Å²) in [6.45, 7) is 3.61. The van der Waals surface area contributed by atoms with Gasteiger partial charge in [0.25, 0.3) is 0 Å². The van der Waals surface area contributed by atoms with Crippen LogP contribution >= 0.6 is 0 Å². The molecule has 0 saturated heterocycles. The van der Waals surface area contributed by atoms with Crippen molar-refractivity contribution in [1.29, 1.82) is 0 Å². The van der Waals surface area contributed by atoms with Crippen molar-refractivity contribution in [3.8, 4) is 5.75 Å². The first-order valence-corrected chi connectivity index (χ1v) is 5.72. The van der Waals surface area contributed by atoms with E-state index in [0.717, 1.165) is 0 Å². The van der Waals surface area contributed by atoms with E-state index >= 15 is 0 Å². The SMILES string of the molecule is COc1cc(C(CN)C(=O)O)cc(F)c1C(C)C. The number of rotatable bonds is 5. The Morgan fingerprint density at radius 1 is 1.50 bits per heavy atom. The van der Waals surface area contributed by atoms with Crippen LogP contribution in [0.15, 0.2) is 12.1 Å². The zero-order chi connectivity index (χ0) is 13.9. The molecule has 0 aromatic heterocycles. The predicted molar refractivity (Wildman–Crippen MR) is 66.5 cm³/mol. The summed E-state index contributed by atoms with van der Waals surface area (Å²) in [5, 5.41) is 9.02. The van der Waals surface area contributed by atoms with Crippen LogP contribution in [0.1, 0.15) is 36.8 Å². The molecule has 0 bridgehead atoms. The highest BCUT2D eigenvalue weighted by Gasteiger charge is 2.22. The average molecular weight is 255 g/mol. The van der Waals surface area contributed by atoms with Crippen molar-refractivity contribution in [2.45, 2.75) is 25.7 Å². The number of nitrogens with two attached hydrogens (primary N) is 1. The summed E-state index contributed by atoms with van der Waals surface area (Å²) in [5.41, 5.74) is 6.17. The van der Waals surface area contributed by atoms with E-state index in [9.17, 15) is 9.18 Å². The molecule has 3 N–H and O–H groups in total. The Kier molecular flexibility index (Phi) is 4.67. The normalized spacial score (nSPS) is 12.6. The Bertz CT molecular complexity index is 446. The van der Waals surface area contributed by atoms with Crippen molar-refractivity contribution in [1.82, 2.24) is 0 Å². The maximum atomic E-state index is 14.0. The molecule has 0 fully saturated rings. The topological polar surface area (TPSA) is 72.5 Å². The van der Waals surface area contributed by atoms with Gasteiger partial charge in [-0.2, -0.15) is 0 Å². The Labute approximate surface area is 106 Å². The highest BCUT2D eigenvalue weighted by atomic mass is 19.1. The van der Waals surface area contributed by atoms with Gasteiger partial charge in [-0.05, 0) is 23.6 Å². The first kappa shape index (κ1) is 14.4. The number of ether oxygens (including phenoxy) is 1. The van der Waals surface area contributed by atoms with Crippen LogP contribution in [0, 0.1) is 5.82 Å². The molecule has 1 aromatic carbocycles. The van der Waals surface area contributed by atoms with Gasteiger partial charge in [0.15, 0.2) is 0 Å². The highest BCUT2D eigenvalue weighted by Crippen LogP contribution is 2.32. The van der Waals surface area contributed by atoms with Crippen LogP contribution in [0.4, 0.5) is 4.39 Å². The lowest BCUT2D eigenvalue weighted by atomic mass is 9.93. The molecule has 100 valence electrons. The predicted octanol–water partition coefficient (Wildman–Crippen LogP) is 2.08. The van der Waals surface area contributed by atoms with Crippen molar-refractivity contribution in [3.63, 3.8) is 0 Å². The summed E-state index contributed by atoms with van der Waals surface area (Å²) in [4.78, 5) is 11.0. The van der Waals surface area contributed by atoms with E-state index in [0.29, 0.717) is 16.9 Å². The standard InChI is InChI=1S/C13H18FNO3/c1-7(2)12-10(14)4-8(5-11(12)18-3)9(6-15)13(16)17/h4-5,7,9H,6,15H2,1-3H3,(H,16,17). The number of hydrogen-bond donors (Lipinski definition) is 2. The molecule has 0 radical (unpaired) electrons. The lowest BCUT2D eigenvalue weighted by Gasteiger charge is -2.17. The van der Waals surface area contributed by atoms with Crippen molar-refractivity contribution in [2.24, 2.45) is 5.73 Å². The Morgan fingerprint density at radius 3 is 2.50 bits per heavy atom. The smallest absolute Gasteiger partial charge is 0.312 e. The van der Waals surface area contributed by atoms with Crippen LogP contribution in [0.3, 0.4) is 0 Å². The van der Waals surface area contributed by atoms with Gasteiger partial charge in [0.2, 0.25) is 0 Å². The second-order valence-electron chi connectivity index (χ2n) is 4.40. The molecule has 0 aliphatic rings. The fraction of sp³-hybridized carbons (Fsp3) is 0.462. The van der Waals surface area contributed by atoms with Gasteiger partial charge in [0, 0.05) is 12.1 Å². The number of carboxylic acids is 1. The molecule has 0 saturated carbocycles. The molecule has 1 unspecified atom stereocenters. The third-order valence-electron chi connectivity index (χ3n) is 2.85. The quantitative estimate of drug-likeness (QED) is 0.845. The van der Waals surface area contributed by atoms with Gasteiger partial charge >= 0.3 is 5.97 Å². The maximum Gasteiger partial charge on any atom is 0.312 e. The Hall–Kier alpha value is -1.62. The fourth-order valence-electron chi connectivity index (χ4n) is 1.92. The first-order chi connectivity index (χ1) is 8.42. The van der Waals surface area contributed by atoms with E-state index in [-0.39, 0.29) is 12.5 Å². The Morgan fingerprint density at radius 2 is 2.11 bits per heavy atom. The number of carbonyl (C=O) groups is 1. The molecular formula is C13H18FNO3. The molecule has 0 aliphatic carbocycles. The van der Waals surface area contributed by atoms with E-state index in [1.807, 2.05) is 13.8 Å². The number of methoxy groups -OCH3 is 1. The van der Waals surface area contributed by atoms with Gasteiger partial charge in [0.05, 0.1) is 13.0 Å². The summed E-state index contributed by atoms with van der Waals surface area (Å²) in [6.07, 6.45) is 0. The van der Waals surface area contributed by atoms with E-state index < -0.39 is 17.7 Å². The molecule has 1 aromatic rings. The number of carboxylic acid groups (broad SMARTS) is 1. The molecule has 1 rings (SSSR count). The summed E-state index contributed by atoms with van der Waals surface area (Å²) in [5.74, 6) is -2.14. The van der Waals surface area contributed by atoms with Crippen LogP contribution in [0.25, 0.3) is 0 Å². The van der Waals surface area contributed by atoms with Gasteiger partial charge < -0.3 is 15.6 Å². The second-order valence-corrected chi connectivity index (χ2v) is 4.40. The van der Waals surface area contributed by atoms with Crippen LogP contribution in [-0.4, -0.2) is 24.7 Å². The lowest BCUT2D eigenvalue weighted by molar-refractivity contribution is -0.138. The van der Waals surface area contributed by atoms with E-state index in [2.05, 4.69) is 0 Å². The molecule has 18 heavy (non-hydrogen) atoms. The monoisotopic (exact) mass is 255 g/mol. The minimum atomic E-state index is -1.07. The molecule has 0 aliphatic heterocycles. The van der Waals surface area contributed by atoms with Gasteiger partial charge in [-0.1, -0.05) is 13.8 Å². The van der Waals surface area contributed by atoms with Crippen LogP contribution < -0.4 is 10.5 Å². The summed E-state index contributed by atoms with van der Waals surface area (Å²) < 4.78 is 19.1. The van der Waals surface area contributed by atoms with Crippen molar-refractivity contribution in [3.05, 3.63) is 29.1 Å². The van der Waals surface area contributed by atoms with Crippen LogP contribution in [0.5, 0.6) is 5.75 Å². The lowest BCUT2D eigenvalue weighted by Crippen LogP contribution is -2.21. The molecule has 0 spiro atoms. The zero-order valence-corrected chi connectivity index (χ0v) is 10.7. The number of halogens is 1. The zero-order valence-electron chi connectivity index (χ0n) is 10.7. The minimum Gasteiger partial charge on any atom is -0.496 e. The van der Waals surface area contributed by atoms with Crippen molar-refractivity contribution < 1.29 is 19.0 Å².